The molecule has 0 spiro atoms. The van der Waals surface area contributed by atoms with Gasteiger partial charge in [0.25, 0.3) is 0 Å². The molecule has 0 heteroatoms. The van der Waals surface area contributed by atoms with Crippen molar-refractivity contribution in [2.75, 3.05) is 0 Å². The van der Waals surface area contributed by atoms with E-state index in [-0.39, 0.29) is 0 Å². The Labute approximate surface area is 87.4 Å². The van der Waals surface area contributed by atoms with Gasteiger partial charge in [-0.1, -0.05) is 36.8 Å². The fraction of sp³-hybridized carbons (Fsp3) is 0.571. The second-order valence-corrected chi connectivity index (χ2v) is 4.59. The fourth-order valence-electron chi connectivity index (χ4n) is 2.65. The minimum absolute atomic E-state index is 0.820. The maximum absolute atomic E-state index is 2.34. The smallest absolute Gasteiger partial charge is 0.0153 e. The third-order valence-electron chi connectivity index (χ3n) is 3.71. The Kier molecular flexibility index (Phi) is 2.90. The van der Waals surface area contributed by atoms with Crippen molar-refractivity contribution in [2.24, 2.45) is 11.8 Å². The lowest BCUT2D eigenvalue weighted by Gasteiger charge is -2.24. The van der Waals surface area contributed by atoms with Gasteiger partial charge in [-0.25, -0.2) is 0 Å². The highest BCUT2D eigenvalue weighted by Gasteiger charge is 2.22. The van der Waals surface area contributed by atoms with E-state index in [2.05, 4.69) is 38.2 Å². The van der Waals surface area contributed by atoms with Crippen molar-refractivity contribution < 1.29 is 0 Å². The Morgan fingerprint density at radius 1 is 1.36 bits per heavy atom. The Hall–Kier alpha value is -0.780. The SMILES string of the molecule is CCC1CC2CCC=CC2=CC=C1C. The van der Waals surface area contributed by atoms with E-state index in [1.807, 2.05) is 0 Å². The van der Waals surface area contributed by atoms with Crippen LogP contribution in [0.5, 0.6) is 0 Å². The molecule has 2 aliphatic rings. The Bertz CT molecular complexity index is 291. The van der Waals surface area contributed by atoms with Gasteiger partial charge >= 0.3 is 0 Å². The number of rotatable bonds is 1. The largest absolute Gasteiger partial charge is 0.0842 e. The molecule has 0 radical (unpaired) electrons. The van der Waals surface area contributed by atoms with Gasteiger partial charge in [0.15, 0.2) is 0 Å². The third-order valence-corrected chi connectivity index (χ3v) is 3.71. The van der Waals surface area contributed by atoms with Crippen LogP contribution < -0.4 is 0 Å². The van der Waals surface area contributed by atoms with Crippen molar-refractivity contribution in [2.45, 2.75) is 39.5 Å². The molecule has 0 nitrogen and oxygen atoms in total. The number of hydrogen-bond acceptors (Lipinski definition) is 0. The summed E-state index contributed by atoms with van der Waals surface area (Å²) in [5, 5.41) is 0. The van der Waals surface area contributed by atoms with E-state index in [4.69, 9.17) is 0 Å². The average molecular weight is 188 g/mol. The number of fused-ring (bicyclic) bond motifs is 1. The quantitative estimate of drug-likeness (QED) is 0.577. The lowest BCUT2D eigenvalue weighted by atomic mass is 9.81. The zero-order chi connectivity index (χ0) is 9.97. The highest BCUT2D eigenvalue weighted by Crippen LogP contribution is 2.35. The summed E-state index contributed by atoms with van der Waals surface area (Å²) in [6, 6.07) is 0. The van der Waals surface area contributed by atoms with Gasteiger partial charge in [-0.2, -0.15) is 0 Å². The summed E-state index contributed by atoms with van der Waals surface area (Å²) in [5.74, 6) is 1.65. The zero-order valence-corrected chi connectivity index (χ0v) is 9.29. The first-order chi connectivity index (χ1) is 6.81. The normalized spacial score (nSPS) is 31.6. The molecule has 0 N–H and O–H groups in total. The first-order valence-corrected chi connectivity index (χ1v) is 5.86. The maximum atomic E-state index is 2.34. The van der Waals surface area contributed by atoms with Gasteiger partial charge in [0.05, 0.1) is 0 Å². The van der Waals surface area contributed by atoms with Gasteiger partial charge < -0.3 is 0 Å². The minimum atomic E-state index is 0.820. The van der Waals surface area contributed by atoms with Crippen molar-refractivity contribution in [1.29, 1.82) is 0 Å². The molecule has 0 aliphatic heterocycles. The molecule has 0 amide bonds. The first-order valence-electron chi connectivity index (χ1n) is 5.86. The van der Waals surface area contributed by atoms with Crippen molar-refractivity contribution >= 4 is 0 Å². The van der Waals surface area contributed by atoms with Crippen molar-refractivity contribution in [1.82, 2.24) is 0 Å². The summed E-state index contributed by atoms with van der Waals surface area (Å²) in [6.45, 7) is 4.60. The van der Waals surface area contributed by atoms with E-state index >= 15 is 0 Å². The molecule has 14 heavy (non-hydrogen) atoms. The standard InChI is InChI=1S/C14H20/c1-3-12-10-14-7-5-4-6-13(14)9-8-11(12)2/h4,6,8-9,12,14H,3,5,7,10H2,1-2H3. The average Bonchev–Trinajstić information content (AvgIpc) is 2.38. The van der Waals surface area contributed by atoms with E-state index in [0.29, 0.717) is 0 Å². The van der Waals surface area contributed by atoms with Gasteiger partial charge in [-0.3, -0.25) is 0 Å². The molecule has 0 saturated heterocycles. The Balaban J connectivity index is 2.22. The van der Waals surface area contributed by atoms with E-state index in [1.165, 1.54) is 25.7 Å². The van der Waals surface area contributed by atoms with E-state index in [9.17, 15) is 0 Å². The molecular formula is C14H20. The second kappa shape index (κ2) is 4.16. The van der Waals surface area contributed by atoms with Crippen LogP contribution in [-0.4, -0.2) is 0 Å². The van der Waals surface area contributed by atoms with Crippen LogP contribution >= 0.6 is 0 Å². The molecular weight excluding hydrogens is 168 g/mol. The number of hydrogen-bond donors (Lipinski definition) is 0. The van der Waals surface area contributed by atoms with Crippen LogP contribution in [0, 0.1) is 11.8 Å². The molecule has 0 aromatic carbocycles. The van der Waals surface area contributed by atoms with Gasteiger partial charge in [-0.15, -0.1) is 0 Å². The summed E-state index contributed by atoms with van der Waals surface area (Å²) in [6.07, 6.45) is 14.6. The second-order valence-electron chi connectivity index (χ2n) is 4.59. The minimum Gasteiger partial charge on any atom is -0.0842 e. The van der Waals surface area contributed by atoms with E-state index in [0.717, 1.165) is 11.8 Å². The van der Waals surface area contributed by atoms with E-state index < -0.39 is 0 Å². The monoisotopic (exact) mass is 188 g/mol. The summed E-state index contributed by atoms with van der Waals surface area (Å²) < 4.78 is 0. The van der Waals surface area contributed by atoms with Crippen LogP contribution in [0.4, 0.5) is 0 Å². The highest BCUT2D eigenvalue weighted by atomic mass is 14.3. The Morgan fingerprint density at radius 3 is 3.00 bits per heavy atom. The predicted molar refractivity (Wildman–Crippen MR) is 62.1 cm³/mol. The summed E-state index contributed by atoms with van der Waals surface area (Å²) in [5.41, 5.74) is 3.13. The molecule has 2 rings (SSSR count). The van der Waals surface area contributed by atoms with E-state index in [1.54, 1.807) is 11.1 Å². The molecule has 0 aromatic heterocycles. The van der Waals surface area contributed by atoms with Crippen LogP contribution in [-0.2, 0) is 0 Å². The number of allylic oxidation sites excluding steroid dienone is 6. The van der Waals surface area contributed by atoms with Gasteiger partial charge in [0, 0.05) is 0 Å². The molecule has 2 aliphatic carbocycles. The third kappa shape index (κ3) is 1.84. The van der Waals surface area contributed by atoms with Crippen LogP contribution in [0.25, 0.3) is 0 Å². The molecule has 2 atom stereocenters. The molecule has 0 heterocycles. The molecule has 76 valence electrons. The van der Waals surface area contributed by atoms with Gasteiger partial charge in [0.1, 0.15) is 0 Å². The van der Waals surface area contributed by atoms with Crippen LogP contribution in [0.15, 0.2) is 35.5 Å². The van der Waals surface area contributed by atoms with Crippen molar-refractivity contribution in [3.05, 3.63) is 35.5 Å². The first kappa shape index (κ1) is 9.76. The molecule has 0 saturated carbocycles. The van der Waals surface area contributed by atoms with Gasteiger partial charge in [0.2, 0.25) is 0 Å². The van der Waals surface area contributed by atoms with Crippen LogP contribution in [0.2, 0.25) is 0 Å². The zero-order valence-electron chi connectivity index (χ0n) is 9.29. The molecule has 0 fully saturated rings. The topological polar surface area (TPSA) is 0 Å². The maximum Gasteiger partial charge on any atom is -0.0153 e. The van der Waals surface area contributed by atoms with Gasteiger partial charge in [-0.05, 0) is 50.0 Å². The van der Waals surface area contributed by atoms with Crippen LogP contribution in [0.3, 0.4) is 0 Å². The lowest BCUT2D eigenvalue weighted by molar-refractivity contribution is 0.424. The molecule has 0 bridgehead atoms. The predicted octanol–water partition coefficient (Wildman–Crippen LogP) is 4.26. The molecule has 2 unspecified atom stereocenters. The summed E-state index contributed by atoms with van der Waals surface area (Å²) in [4.78, 5) is 0. The van der Waals surface area contributed by atoms with Crippen LogP contribution in [0.1, 0.15) is 39.5 Å². The van der Waals surface area contributed by atoms with Crippen molar-refractivity contribution in [3.8, 4) is 0 Å². The summed E-state index contributed by atoms with van der Waals surface area (Å²) in [7, 11) is 0. The lowest BCUT2D eigenvalue weighted by Crippen LogP contribution is -2.11. The Morgan fingerprint density at radius 2 is 2.21 bits per heavy atom. The van der Waals surface area contributed by atoms with Crippen molar-refractivity contribution in [3.63, 3.8) is 0 Å². The molecule has 0 aromatic rings. The summed E-state index contributed by atoms with van der Waals surface area (Å²) >= 11 is 0. The highest BCUT2D eigenvalue weighted by molar-refractivity contribution is 5.32. The fourth-order valence-corrected chi connectivity index (χ4v) is 2.65.